The Morgan fingerprint density at radius 1 is 1.33 bits per heavy atom. The minimum atomic E-state index is -0.517. The van der Waals surface area contributed by atoms with Crippen molar-refractivity contribution in [2.75, 3.05) is 26.3 Å². The summed E-state index contributed by atoms with van der Waals surface area (Å²) in [7, 11) is 0. The lowest BCUT2D eigenvalue weighted by Gasteiger charge is -2.38. The molecule has 2 aliphatic heterocycles. The number of rotatable bonds is 3. The average molecular weight is 289 g/mol. The third-order valence-electron chi connectivity index (χ3n) is 4.29. The summed E-state index contributed by atoms with van der Waals surface area (Å²) in [5.74, 6) is -0.313. The fourth-order valence-electron chi connectivity index (χ4n) is 3.21. The van der Waals surface area contributed by atoms with Gasteiger partial charge in [0.15, 0.2) is 5.79 Å². The molecule has 4 heteroatoms. The molecule has 0 atom stereocenters. The number of hydrogen-bond donors (Lipinski definition) is 0. The molecule has 114 valence electrons. The fourth-order valence-corrected chi connectivity index (χ4v) is 3.21. The van der Waals surface area contributed by atoms with Crippen LogP contribution in [0.5, 0.6) is 0 Å². The first kappa shape index (κ1) is 14.5. The summed E-state index contributed by atoms with van der Waals surface area (Å²) in [5.41, 5.74) is 2.47. The molecule has 2 fully saturated rings. The van der Waals surface area contributed by atoms with Crippen molar-refractivity contribution in [1.29, 1.82) is 0 Å². The quantitative estimate of drug-likeness (QED) is 0.857. The number of nitrogens with zero attached hydrogens (tertiary/aromatic N) is 1. The second-order valence-electron chi connectivity index (χ2n) is 6.02. The van der Waals surface area contributed by atoms with Crippen LogP contribution in [0.25, 0.3) is 0 Å². The Bertz CT molecular complexity index is 509. The number of likely N-dealkylation sites (tertiary alicyclic amines) is 1. The first-order chi connectivity index (χ1) is 10.2. The van der Waals surface area contributed by atoms with Crippen LogP contribution in [0.2, 0.25) is 0 Å². The predicted molar refractivity (Wildman–Crippen MR) is 79.9 cm³/mol. The molecule has 3 rings (SSSR count). The van der Waals surface area contributed by atoms with E-state index in [1.165, 1.54) is 11.1 Å². The molecule has 4 nitrogen and oxygen atoms in total. The van der Waals surface area contributed by atoms with Crippen LogP contribution in [0.3, 0.4) is 0 Å². The summed E-state index contributed by atoms with van der Waals surface area (Å²) in [6.07, 6.45) is 3.20. The average Bonchev–Trinajstić information content (AvgIpc) is 2.93. The molecule has 0 unspecified atom stereocenters. The smallest absolute Gasteiger partial charge is 0.223 e. The zero-order valence-corrected chi connectivity index (χ0v) is 12.6. The van der Waals surface area contributed by atoms with Gasteiger partial charge in [0.25, 0.3) is 0 Å². The highest BCUT2D eigenvalue weighted by molar-refractivity contribution is 5.76. The summed E-state index contributed by atoms with van der Waals surface area (Å²) < 4.78 is 11.4. The Morgan fingerprint density at radius 3 is 2.90 bits per heavy atom. The van der Waals surface area contributed by atoms with E-state index in [1.807, 2.05) is 11.0 Å². The van der Waals surface area contributed by atoms with Crippen LogP contribution in [0, 0.1) is 6.92 Å². The van der Waals surface area contributed by atoms with Crippen molar-refractivity contribution in [3.8, 4) is 0 Å². The van der Waals surface area contributed by atoms with Crippen molar-refractivity contribution in [2.45, 2.75) is 38.4 Å². The Labute approximate surface area is 126 Å². The lowest BCUT2D eigenvalue weighted by molar-refractivity contribution is -0.193. The highest BCUT2D eigenvalue weighted by atomic mass is 16.7. The largest absolute Gasteiger partial charge is 0.346 e. The maximum atomic E-state index is 12.4. The van der Waals surface area contributed by atoms with Gasteiger partial charge >= 0.3 is 0 Å². The van der Waals surface area contributed by atoms with E-state index >= 15 is 0 Å². The number of hydrogen-bond acceptors (Lipinski definition) is 3. The fraction of sp³-hybridized carbons (Fsp3) is 0.588. The molecule has 1 aromatic rings. The molecule has 1 aromatic carbocycles. The molecule has 0 aromatic heterocycles. The maximum Gasteiger partial charge on any atom is 0.223 e. The third-order valence-corrected chi connectivity index (χ3v) is 4.29. The molecule has 21 heavy (non-hydrogen) atoms. The van der Waals surface area contributed by atoms with Crippen LogP contribution in [-0.4, -0.2) is 42.9 Å². The first-order valence-electron chi connectivity index (χ1n) is 7.78. The van der Waals surface area contributed by atoms with E-state index in [0.717, 1.165) is 25.8 Å². The van der Waals surface area contributed by atoms with Gasteiger partial charge in [-0.25, -0.2) is 0 Å². The van der Waals surface area contributed by atoms with E-state index in [2.05, 4.69) is 25.1 Å². The number of carbonyl (C=O) groups is 1. The van der Waals surface area contributed by atoms with Crippen LogP contribution in [0.4, 0.5) is 0 Å². The highest BCUT2D eigenvalue weighted by Gasteiger charge is 2.41. The van der Waals surface area contributed by atoms with E-state index in [4.69, 9.17) is 9.47 Å². The van der Waals surface area contributed by atoms with E-state index in [9.17, 15) is 4.79 Å². The Balaban J connectivity index is 1.55. The minimum absolute atomic E-state index is 0.203. The van der Waals surface area contributed by atoms with Gasteiger partial charge in [-0.3, -0.25) is 4.79 Å². The van der Waals surface area contributed by atoms with Crippen molar-refractivity contribution < 1.29 is 14.3 Å². The van der Waals surface area contributed by atoms with Gasteiger partial charge in [-0.15, -0.1) is 0 Å². The monoisotopic (exact) mass is 289 g/mol. The molecule has 2 saturated heterocycles. The van der Waals surface area contributed by atoms with Crippen molar-refractivity contribution in [1.82, 2.24) is 4.90 Å². The molecule has 0 saturated carbocycles. The number of carbonyl (C=O) groups excluding carboxylic acids is 1. The highest BCUT2D eigenvalue weighted by Crippen LogP contribution is 2.30. The van der Waals surface area contributed by atoms with Crippen molar-refractivity contribution >= 4 is 5.91 Å². The van der Waals surface area contributed by atoms with E-state index in [0.29, 0.717) is 26.2 Å². The van der Waals surface area contributed by atoms with Crippen LogP contribution in [-0.2, 0) is 20.7 Å². The Kier molecular flexibility index (Phi) is 4.27. The molecule has 1 spiro atoms. The molecule has 0 aliphatic carbocycles. The maximum absolute atomic E-state index is 12.4. The lowest BCUT2D eigenvalue weighted by Crippen LogP contribution is -2.51. The zero-order valence-electron chi connectivity index (χ0n) is 12.6. The summed E-state index contributed by atoms with van der Waals surface area (Å²) in [5, 5.41) is 0. The molecule has 0 radical (unpaired) electrons. The molecule has 0 bridgehead atoms. The van der Waals surface area contributed by atoms with Gasteiger partial charge in [-0.05, 0) is 25.3 Å². The minimum Gasteiger partial charge on any atom is -0.346 e. The summed E-state index contributed by atoms with van der Waals surface area (Å²) >= 11 is 0. The standard InChI is InChI=1S/C17H23NO3/c1-14-4-2-5-15(12-14)6-7-16(19)18-9-3-8-17(13-18)20-10-11-21-17/h2,4-5,12H,3,6-11,13H2,1H3. The zero-order chi connectivity index (χ0) is 14.7. The number of piperidine rings is 1. The van der Waals surface area contributed by atoms with Crippen LogP contribution in [0.15, 0.2) is 24.3 Å². The van der Waals surface area contributed by atoms with Gasteiger partial charge in [0.05, 0.1) is 19.8 Å². The predicted octanol–water partition coefficient (Wildman–Crippen LogP) is 2.29. The number of ether oxygens (including phenoxy) is 2. The second-order valence-corrected chi connectivity index (χ2v) is 6.02. The van der Waals surface area contributed by atoms with Crippen molar-refractivity contribution in [3.05, 3.63) is 35.4 Å². The first-order valence-corrected chi connectivity index (χ1v) is 7.78. The summed E-state index contributed by atoms with van der Waals surface area (Å²) in [4.78, 5) is 14.3. The molecule has 1 amide bonds. The normalized spacial score (nSPS) is 20.9. The number of aryl methyl sites for hydroxylation is 2. The van der Waals surface area contributed by atoms with Gasteiger partial charge < -0.3 is 14.4 Å². The van der Waals surface area contributed by atoms with Crippen LogP contribution < -0.4 is 0 Å². The molecule has 2 aliphatic rings. The topological polar surface area (TPSA) is 38.8 Å². The van der Waals surface area contributed by atoms with E-state index < -0.39 is 5.79 Å². The summed E-state index contributed by atoms with van der Waals surface area (Å²) in [6, 6.07) is 8.36. The molecule has 2 heterocycles. The van der Waals surface area contributed by atoms with Crippen molar-refractivity contribution in [2.24, 2.45) is 0 Å². The van der Waals surface area contributed by atoms with Gasteiger partial charge in [0.1, 0.15) is 0 Å². The van der Waals surface area contributed by atoms with Gasteiger partial charge in [0.2, 0.25) is 5.91 Å². The number of amides is 1. The molecular formula is C17H23NO3. The van der Waals surface area contributed by atoms with E-state index in [-0.39, 0.29) is 5.91 Å². The van der Waals surface area contributed by atoms with Gasteiger partial charge in [-0.2, -0.15) is 0 Å². The lowest BCUT2D eigenvalue weighted by atomic mass is 10.0. The number of benzene rings is 1. The second kappa shape index (κ2) is 6.16. The van der Waals surface area contributed by atoms with E-state index in [1.54, 1.807) is 0 Å². The van der Waals surface area contributed by atoms with Gasteiger partial charge in [0, 0.05) is 19.4 Å². The van der Waals surface area contributed by atoms with Crippen LogP contribution in [0.1, 0.15) is 30.4 Å². The Hall–Kier alpha value is -1.39. The third kappa shape index (κ3) is 3.44. The molecule has 0 N–H and O–H groups in total. The van der Waals surface area contributed by atoms with Crippen molar-refractivity contribution in [3.63, 3.8) is 0 Å². The SMILES string of the molecule is Cc1cccc(CCC(=O)N2CCCC3(C2)OCCO3)c1. The molecular weight excluding hydrogens is 266 g/mol. The van der Waals surface area contributed by atoms with Crippen LogP contribution >= 0.6 is 0 Å². The summed E-state index contributed by atoms with van der Waals surface area (Å²) in [6.45, 7) is 4.77. The Morgan fingerprint density at radius 2 is 2.14 bits per heavy atom. The van der Waals surface area contributed by atoms with Gasteiger partial charge in [-0.1, -0.05) is 29.8 Å².